The topological polar surface area (TPSA) is 30.7 Å². The Bertz CT molecular complexity index is 294. The SMILES string of the molecule is CCCn1c(CBr)nnc1CCC(C)C. The first-order valence-corrected chi connectivity index (χ1v) is 6.78. The highest BCUT2D eigenvalue weighted by Gasteiger charge is 2.10. The summed E-state index contributed by atoms with van der Waals surface area (Å²) in [5.74, 6) is 2.92. The van der Waals surface area contributed by atoms with E-state index < -0.39 is 0 Å². The molecule has 0 fully saturated rings. The van der Waals surface area contributed by atoms with E-state index in [4.69, 9.17) is 0 Å². The summed E-state index contributed by atoms with van der Waals surface area (Å²) in [6.45, 7) is 7.70. The van der Waals surface area contributed by atoms with Gasteiger partial charge in [-0.1, -0.05) is 36.7 Å². The number of aryl methyl sites for hydroxylation is 1. The van der Waals surface area contributed by atoms with Gasteiger partial charge in [0, 0.05) is 13.0 Å². The number of nitrogens with zero attached hydrogens (tertiary/aromatic N) is 3. The van der Waals surface area contributed by atoms with E-state index in [1.807, 2.05) is 0 Å². The summed E-state index contributed by atoms with van der Waals surface area (Å²) in [7, 11) is 0. The van der Waals surface area contributed by atoms with E-state index in [2.05, 4.69) is 51.5 Å². The first kappa shape index (κ1) is 12.7. The van der Waals surface area contributed by atoms with E-state index in [0.717, 1.165) is 42.3 Å². The number of rotatable bonds is 6. The minimum Gasteiger partial charge on any atom is -0.314 e. The van der Waals surface area contributed by atoms with Gasteiger partial charge in [0.1, 0.15) is 11.6 Å². The second-order valence-corrected chi connectivity index (χ2v) is 4.81. The Morgan fingerprint density at radius 2 is 1.93 bits per heavy atom. The molecule has 0 aliphatic heterocycles. The molecular formula is C11H20BrN3. The van der Waals surface area contributed by atoms with Crippen LogP contribution >= 0.6 is 15.9 Å². The van der Waals surface area contributed by atoms with Crippen molar-refractivity contribution in [2.24, 2.45) is 5.92 Å². The van der Waals surface area contributed by atoms with E-state index in [1.54, 1.807) is 0 Å². The largest absolute Gasteiger partial charge is 0.314 e. The summed E-state index contributed by atoms with van der Waals surface area (Å²) < 4.78 is 2.25. The molecule has 86 valence electrons. The Balaban J connectivity index is 2.72. The zero-order valence-electron chi connectivity index (χ0n) is 9.83. The molecule has 4 heteroatoms. The predicted molar refractivity (Wildman–Crippen MR) is 66.1 cm³/mol. The highest BCUT2D eigenvalue weighted by molar-refractivity contribution is 9.08. The van der Waals surface area contributed by atoms with Crippen molar-refractivity contribution in [1.29, 1.82) is 0 Å². The molecule has 0 spiro atoms. The maximum Gasteiger partial charge on any atom is 0.143 e. The molecule has 0 atom stereocenters. The summed E-state index contributed by atoms with van der Waals surface area (Å²) in [5.41, 5.74) is 0. The molecule has 3 nitrogen and oxygen atoms in total. The standard InChI is InChI=1S/C11H20BrN3/c1-4-7-15-10(6-5-9(2)3)13-14-11(15)8-12/h9H,4-8H2,1-3H3. The molecule has 0 amide bonds. The van der Waals surface area contributed by atoms with Gasteiger partial charge in [-0.2, -0.15) is 0 Å². The average molecular weight is 274 g/mol. The number of hydrogen-bond acceptors (Lipinski definition) is 2. The van der Waals surface area contributed by atoms with Crippen LogP contribution in [-0.4, -0.2) is 14.8 Å². The van der Waals surface area contributed by atoms with Gasteiger partial charge >= 0.3 is 0 Å². The van der Waals surface area contributed by atoms with E-state index in [1.165, 1.54) is 6.42 Å². The van der Waals surface area contributed by atoms with E-state index in [0.29, 0.717) is 0 Å². The second-order valence-electron chi connectivity index (χ2n) is 4.25. The van der Waals surface area contributed by atoms with Gasteiger partial charge in [0.05, 0.1) is 5.33 Å². The molecule has 0 aliphatic rings. The van der Waals surface area contributed by atoms with Crippen LogP contribution in [0.2, 0.25) is 0 Å². The molecule has 0 N–H and O–H groups in total. The van der Waals surface area contributed by atoms with Gasteiger partial charge in [-0.05, 0) is 18.8 Å². The molecule has 0 radical (unpaired) electrons. The molecule has 1 aromatic heterocycles. The molecule has 0 bridgehead atoms. The van der Waals surface area contributed by atoms with Crippen LogP contribution in [0.1, 0.15) is 45.3 Å². The highest BCUT2D eigenvalue weighted by Crippen LogP contribution is 2.11. The molecule has 0 aromatic carbocycles. The van der Waals surface area contributed by atoms with Gasteiger partial charge in [0.25, 0.3) is 0 Å². The Morgan fingerprint density at radius 3 is 2.47 bits per heavy atom. The Hall–Kier alpha value is -0.380. The second kappa shape index (κ2) is 6.26. The Morgan fingerprint density at radius 1 is 1.27 bits per heavy atom. The molecule has 1 heterocycles. The Labute approximate surface area is 100 Å². The van der Waals surface area contributed by atoms with Crippen LogP contribution in [0.15, 0.2) is 0 Å². The summed E-state index contributed by atoms with van der Waals surface area (Å²) in [6, 6.07) is 0. The van der Waals surface area contributed by atoms with Crippen LogP contribution < -0.4 is 0 Å². The number of aromatic nitrogens is 3. The van der Waals surface area contributed by atoms with Crippen molar-refractivity contribution in [3.05, 3.63) is 11.6 Å². The van der Waals surface area contributed by atoms with Crippen molar-refractivity contribution in [1.82, 2.24) is 14.8 Å². The van der Waals surface area contributed by atoms with E-state index in [9.17, 15) is 0 Å². The lowest BCUT2D eigenvalue weighted by Crippen LogP contribution is -2.07. The van der Waals surface area contributed by atoms with Crippen LogP contribution in [0, 0.1) is 5.92 Å². The third-order valence-corrected chi connectivity index (χ3v) is 2.92. The molecule has 1 rings (SSSR count). The number of hydrogen-bond donors (Lipinski definition) is 0. The minimum absolute atomic E-state index is 0.726. The van der Waals surface area contributed by atoms with E-state index in [-0.39, 0.29) is 0 Å². The molecular weight excluding hydrogens is 254 g/mol. The lowest BCUT2D eigenvalue weighted by molar-refractivity contribution is 0.545. The smallest absolute Gasteiger partial charge is 0.143 e. The van der Waals surface area contributed by atoms with Gasteiger partial charge < -0.3 is 4.57 Å². The van der Waals surface area contributed by atoms with Crippen LogP contribution in [0.25, 0.3) is 0 Å². The van der Waals surface area contributed by atoms with Crippen LogP contribution in [-0.2, 0) is 18.3 Å². The summed E-state index contributed by atoms with van der Waals surface area (Å²) >= 11 is 3.45. The number of halogens is 1. The molecule has 15 heavy (non-hydrogen) atoms. The van der Waals surface area contributed by atoms with Crippen molar-refractivity contribution in [3.8, 4) is 0 Å². The Kier molecular flexibility index (Phi) is 5.29. The summed E-state index contributed by atoms with van der Waals surface area (Å²) in [4.78, 5) is 0. The third-order valence-electron chi connectivity index (χ3n) is 2.42. The maximum atomic E-state index is 4.26. The zero-order chi connectivity index (χ0) is 11.3. The van der Waals surface area contributed by atoms with Gasteiger partial charge in [-0.25, -0.2) is 0 Å². The van der Waals surface area contributed by atoms with Gasteiger partial charge in [-0.3, -0.25) is 0 Å². The van der Waals surface area contributed by atoms with Crippen LogP contribution in [0.4, 0.5) is 0 Å². The first-order chi connectivity index (χ1) is 7.19. The fourth-order valence-electron chi connectivity index (χ4n) is 1.56. The molecule has 0 aliphatic carbocycles. The fourth-order valence-corrected chi connectivity index (χ4v) is 1.97. The van der Waals surface area contributed by atoms with Crippen LogP contribution in [0.5, 0.6) is 0 Å². The lowest BCUT2D eigenvalue weighted by Gasteiger charge is -2.08. The van der Waals surface area contributed by atoms with Gasteiger partial charge in [-0.15, -0.1) is 10.2 Å². The van der Waals surface area contributed by atoms with E-state index >= 15 is 0 Å². The zero-order valence-corrected chi connectivity index (χ0v) is 11.4. The lowest BCUT2D eigenvalue weighted by atomic mass is 10.1. The molecule has 0 saturated heterocycles. The minimum atomic E-state index is 0.726. The van der Waals surface area contributed by atoms with Crippen molar-refractivity contribution >= 4 is 15.9 Å². The molecule has 0 unspecified atom stereocenters. The average Bonchev–Trinajstić information content (AvgIpc) is 2.58. The number of alkyl halides is 1. The van der Waals surface area contributed by atoms with Crippen molar-refractivity contribution < 1.29 is 0 Å². The van der Waals surface area contributed by atoms with Crippen LogP contribution in [0.3, 0.4) is 0 Å². The van der Waals surface area contributed by atoms with Gasteiger partial charge in [0.15, 0.2) is 0 Å². The fraction of sp³-hybridized carbons (Fsp3) is 0.818. The highest BCUT2D eigenvalue weighted by atomic mass is 79.9. The van der Waals surface area contributed by atoms with Crippen molar-refractivity contribution in [2.75, 3.05) is 0 Å². The van der Waals surface area contributed by atoms with Crippen molar-refractivity contribution in [2.45, 2.75) is 51.9 Å². The molecule has 0 saturated carbocycles. The summed E-state index contributed by atoms with van der Waals surface area (Å²) in [6.07, 6.45) is 3.36. The molecule has 1 aromatic rings. The first-order valence-electron chi connectivity index (χ1n) is 5.66. The predicted octanol–water partition coefficient (Wildman–Crippen LogP) is 3.17. The normalized spacial score (nSPS) is 11.3. The van der Waals surface area contributed by atoms with Gasteiger partial charge in [0.2, 0.25) is 0 Å². The summed E-state index contributed by atoms with van der Waals surface area (Å²) in [5, 5.41) is 9.25. The van der Waals surface area contributed by atoms with Crippen molar-refractivity contribution in [3.63, 3.8) is 0 Å². The third kappa shape index (κ3) is 3.59. The quantitative estimate of drug-likeness (QED) is 0.746. The maximum absolute atomic E-state index is 4.26. The monoisotopic (exact) mass is 273 g/mol.